The molecule has 1 heteroatoms. The van der Waals surface area contributed by atoms with Gasteiger partial charge in [0.25, 0.3) is 0 Å². The highest BCUT2D eigenvalue weighted by molar-refractivity contribution is 5.69. The zero-order chi connectivity index (χ0) is 16.8. The van der Waals surface area contributed by atoms with E-state index in [0.717, 1.165) is 36.8 Å². The first-order valence-corrected chi connectivity index (χ1v) is 8.23. The van der Waals surface area contributed by atoms with Gasteiger partial charge >= 0.3 is 0 Å². The van der Waals surface area contributed by atoms with Crippen LogP contribution in [0.25, 0.3) is 11.1 Å². The predicted octanol–water partition coefficient (Wildman–Crippen LogP) is 6.59. The molecule has 0 spiro atoms. The SMILES string of the molecule is C=C(CCC(=C)c1ccccc1F)c1ccc(C)c(CCC)c1. The van der Waals surface area contributed by atoms with E-state index in [1.165, 1.54) is 22.8 Å². The van der Waals surface area contributed by atoms with Gasteiger partial charge in [-0.2, -0.15) is 0 Å². The van der Waals surface area contributed by atoms with Crippen LogP contribution in [0.5, 0.6) is 0 Å². The van der Waals surface area contributed by atoms with E-state index in [-0.39, 0.29) is 5.82 Å². The van der Waals surface area contributed by atoms with Crippen LogP contribution in [0.15, 0.2) is 55.6 Å². The number of allylic oxidation sites excluding steroid dienone is 2. The molecular formula is C22H25F. The molecule has 120 valence electrons. The Balaban J connectivity index is 2.04. The van der Waals surface area contributed by atoms with E-state index in [9.17, 15) is 4.39 Å². The zero-order valence-corrected chi connectivity index (χ0v) is 14.2. The molecule has 0 nitrogen and oxygen atoms in total. The number of hydrogen-bond acceptors (Lipinski definition) is 0. The third kappa shape index (κ3) is 4.41. The molecule has 0 unspecified atom stereocenters. The van der Waals surface area contributed by atoms with Gasteiger partial charge in [-0.25, -0.2) is 4.39 Å². The lowest BCUT2D eigenvalue weighted by Gasteiger charge is -2.12. The van der Waals surface area contributed by atoms with Crippen LogP contribution >= 0.6 is 0 Å². The number of aryl methyl sites for hydroxylation is 2. The van der Waals surface area contributed by atoms with Gasteiger partial charge in [0.15, 0.2) is 0 Å². The van der Waals surface area contributed by atoms with Gasteiger partial charge in [0.2, 0.25) is 0 Å². The highest BCUT2D eigenvalue weighted by atomic mass is 19.1. The van der Waals surface area contributed by atoms with Crippen molar-refractivity contribution in [1.82, 2.24) is 0 Å². The maximum atomic E-state index is 13.8. The molecule has 0 saturated carbocycles. The normalized spacial score (nSPS) is 10.6. The molecule has 0 saturated heterocycles. The maximum Gasteiger partial charge on any atom is 0.130 e. The Morgan fingerprint density at radius 3 is 2.39 bits per heavy atom. The molecule has 0 radical (unpaired) electrons. The summed E-state index contributed by atoms with van der Waals surface area (Å²) in [5, 5.41) is 0. The van der Waals surface area contributed by atoms with Crippen LogP contribution in [0.2, 0.25) is 0 Å². The Kier molecular flexibility index (Phi) is 5.92. The largest absolute Gasteiger partial charge is 0.206 e. The van der Waals surface area contributed by atoms with E-state index in [1.807, 2.05) is 6.07 Å². The van der Waals surface area contributed by atoms with Crippen molar-refractivity contribution in [2.75, 3.05) is 0 Å². The average Bonchev–Trinajstić information content (AvgIpc) is 2.55. The smallest absolute Gasteiger partial charge is 0.130 e. The quantitative estimate of drug-likeness (QED) is 0.541. The van der Waals surface area contributed by atoms with E-state index in [1.54, 1.807) is 12.1 Å². The van der Waals surface area contributed by atoms with Crippen molar-refractivity contribution in [2.24, 2.45) is 0 Å². The number of rotatable bonds is 7. The molecule has 0 aliphatic heterocycles. The minimum absolute atomic E-state index is 0.205. The van der Waals surface area contributed by atoms with Crippen LogP contribution in [-0.2, 0) is 6.42 Å². The van der Waals surface area contributed by atoms with E-state index >= 15 is 0 Å². The summed E-state index contributed by atoms with van der Waals surface area (Å²) in [5.41, 5.74) is 6.42. The highest BCUT2D eigenvalue weighted by Crippen LogP contribution is 2.27. The molecule has 0 bridgehead atoms. The minimum atomic E-state index is -0.205. The maximum absolute atomic E-state index is 13.8. The Morgan fingerprint density at radius 2 is 1.70 bits per heavy atom. The first-order chi connectivity index (χ1) is 11.0. The zero-order valence-electron chi connectivity index (χ0n) is 14.2. The fourth-order valence-corrected chi connectivity index (χ4v) is 2.76. The second kappa shape index (κ2) is 7.92. The summed E-state index contributed by atoms with van der Waals surface area (Å²) in [5.74, 6) is -0.205. The van der Waals surface area contributed by atoms with E-state index < -0.39 is 0 Å². The molecule has 0 amide bonds. The van der Waals surface area contributed by atoms with Crippen molar-refractivity contribution in [3.05, 3.63) is 83.7 Å². The van der Waals surface area contributed by atoms with Gasteiger partial charge in [-0.15, -0.1) is 0 Å². The summed E-state index contributed by atoms with van der Waals surface area (Å²) in [6.07, 6.45) is 3.74. The summed E-state index contributed by atoms with van der Waals surface area (Å²) >= 11 is 0. The molecule has 0 N–H and O–H groups in total. The summed E-state index contributed by atoms with van der Waals surface area (Å²) < 4.78 is 13.8. The molecule has 0 atom stereocenters. The molecule has 0 aromatic heterocycles. The molecule has 0 aliphatic rings. The molecule has 0 aliphatic carbocycles. The minimum Gasteiger partial charge on any atom is -0.206 e. The second-order valence-corrected chi connectivity index (χ2v) is 6.08. The molecule has 0 fully saturated rings. The van der Waals surface area contributed by atoms with Gasteiger partial charge in [-0.3, -0.25) is 0 Å². The average molecular weight is 308 g/mol. The first kappa shape index (κ1) is 17.2. The standard InChI is InChI=1S/C22H25F/c1-5-8-19-15-20(14-13-17(19)3)16(2)11-12-18(4)21-9-6-7-10-22(21)23/h6-7,9-10,13-15H,2,4-5,8,11-12H2,1,3H3. The Labute approximate surface area is 139 Å². The molecule has 2 aromatic rings. The third-order valence-electron chi connectivity index (χ3n) is 4.26. The van der Waals surface area contributed by atoms with Gasteiger partial charge in [0, 0.05) is 5.56 Å². The van der Waals surface area contributed by atoms with Crippen LogP contribution in [0.1, 0.15) is 48.4 Å². The van der Waals surface area contributed by atoms with Crippen molar-refractivity contribution < 1.29 is 4.39 Å². The second-order valence-electron chi connectivity index (χ2n) is 6.08. The lowest BCUT2D eigenvalue weighted by molar-refractivity contribution is 0.623. The lowest BCUT2D eigenvalue weighted by Crippen LogP contribution is -1.93. The molecule has 2 rings (SSSR count). The molecule has 2 aromatic carbocycles. The Morgan fingerprint density at radius 1 is 1.00 bits per heavy atom. The van der Waals surface area contributed by atoms with Crippen molar-refractivity contribution in [3.63, 3.8) is 0 Å². The van der Waals surface area contributed by atoms with Gasteiger partial charge < -0.3 is 0 Å². The van der Waals surface area contributed by atoms with Crippen LogP contribution < -0.4 is 0 Å². The summed E-state index contributed by atoms with van der Waals surface area (Å²) in [6.45, 7) is 12.6. The third-order valence-corrected chi connectivity index (χ3v) is 4.26. The fraction of sp³-hybridized carbons (Fsp3) is 0.273. The topological polar surface area (TPSA) is 0 Å². The van der Waals surface area contributed by atoms with Crippen LogP contribution in [0.3, 0.4) is 0 Å². The Hall–Kier alpha value is -2.15. The van der Waals surface area contributed by atoms with Gasteiger partial charge in [-0.05, 0) is 60.1 Å². The van der Waals surface area contributed by atoms with Crippen LogP contribution in [0, 0.1) is 12.7 Å². The van der Waals surface area contributed by atoms with Gasteiger partial charge in [-0.1, -0.05) is 62.9 Å². The van der Waals surface area contributed by atoms with Crippen LogP contribution in [0.4, 0.5) is 4.39 Å². The summed E-state index contributed by atoms with van der Waals surface area (Å²) in [4.78, 5) is 0. The predicted molar refractivity (Wildman–Crippen MR) is 98.9 cm³/mol. The fourth-order valence-electron chi connectivity index (χ4n) is 2.76. The lowest BCUT2D eigenvalue weighted by atomic mass is 9.93. The molecular weight excluding hydrogens is 283 g/mol. The van der Waals surface area contributed by atoms with Crippen molar-refractivity contribution in [1.29, 1.82) is 0 Å². The van der Waals surface area contributed by atoms with Gasteiger partial charge in [0.05, 0.1) is 0 Å². The molecule has 23 heavy (non-hydrogen) atoms. The monoisotopic (exact) mass is 308 g/mol. The molecule has 0 heterocycles. The number of benzene rings is 2. The van der Waals surface area contributed by atoms with E-state index in [0.29, 0.717) is 5.56 Å². The number of hydrogen-bond donors (Lipinski definition) is 0. The van der Waals surface area contributed by atoms with Crippen LogP contribution in [-0.4, -0.2) is 0 Å². The summed E-state index contributed by atoms with van der Waals surface area (Å²) in [6, 6.07) is 13.3. The Bertz CT molecular complexity index is 710. The van der Waals surface area contributed by atoms with E-state index in [4.69, 9.17) is 0 Å². The van der Waals surface area contributed by atoms with E-state index in [2.05, 4.69) is 45.2 Å². The highest BCUT2D eigenvalue weighted by Gasteiger charge is 2.08. The number of halogens is 1. The van der Waals surface area contributed by atoms with Crippen molar-refractivity contribution in [3.8, 4) is 0 Å². The van der Waals surface area contributed by atoms with Crippen molar-refractivity contribution >= 4 is 11.1 Å². The summed E-state index contributed by atoms with van der Waals surface area (Å²) in [7, 11) is 0. The van der Waals surface area contributed by atoms with Gasteiger partial charge in [0.1, 0.15) is 5.82 Å². The first-order valence-electron chi connectivity index (χ1n) is 8.23. The van der Waals surface area contributed by atoms with Crippen molar-refractivity contribution in [2.45, 2.75) is 39.5 Å².